The van der Waals surface area contributed by atoms with Crippen LogP contribution < -0.4 is 10.9 Å². The molecule has 0 bridgehead atoms. The van der Waals surface area contributed by atoms with Gasteiger partial charge in [0.2, 0.25) is 5.91 Å². The van der Waals surface area contributed by atoms with Crippen LogP contribution in [0.15, 0.2) is 29.1 Å². The molecule has 0 saturated carbocycles. The van der Waals surface area contributed by atoms with Crippen LogP contribution in [0.3, 0.4) is 0 Å². The molecule has 1 amide bonds. The van der Waals surface area contributed by atoms with Crippen molar-refractivity contribution in [3.63, 3.8) is 0 Å². The fourth-order valence-corrected chi connectivity index (χ4v) is 2.21. The molecule has 0 aliphatic heterocycles. The van der Waals surface area contributed by atoms with Gasteiger partial charge in [0.15, 0.2) is 5.82 Å². The lowest BCUT2D eigenvalue weighted by Crippen LogP contribution is -2.32. The van der Waals surface area contributed by atoms with E-state index in [9.17, 15) is 22.8 Å². The maximum Gasteiger partial charge on any atom is 0.416 e. The highest BCUT2D eigenvalue weighted by molar-refractivity contribution is 5.76. The Balaban J connectivity index is 1.99. The summed E-state index contributed by atoms with van der Waals surface area (Å²) in [6.45, 7) is 1.20. The second kappa shape index (κ2) is 8.76. The van der Waals surface area contributed by atoms with Crippen LogP contribution in [0.1, 0.15) is 17.7 Å². The SMILES string of the molecule is CN(C)CCNC(=O)CCc1nnc(-c2ccc(C(F)(F)F)cc2)[nH]c1=O. The largest absolute Gasteiger partial charge is 0.416 e. The molecule has 0 aliphatic rings. The molecule has 0 spiro atoms. The van der Waals surface area contributed by atoms with Gasteiger partial charge in [0, 0.05) is 31.5 Å². The van der Waals surface area contributed by atoms with Crippen LogP contribution in [0, 0.1) is 0 Å². The molecule has 0 aliphatic carbocycles. The molecule has 2 N–H and O–H groups in total. The van der Waals surface area contributed by atoms with Crippen molar-refractivity contribution in [3.8, 4) is 11.4 Å². The molecule has 2 aromatic rings. The average molecular weight is 383 g/mol. The predicted molar refractivity (Wildman–Crippen MR) is 93.0 cm³/mol. The first-order valence-corrected chi connectivity index (χ1v) is 8.22. The number of nitrogens with one attached hydrogen (secondary N) is 2. The van der Waals surface area contributed by atoms with Gasteiger partial charge in [-0.2, -0.15) is 13.2 Å². The summed E-state index contributed by atoms with van der Waals surface area (Å²) >= 11 is 0. The molecule has 0 saturated heterocycles. The molecule has 146 valence electrons. The van der Waals surface area contributed by atoms with Gasteiger partial charge in [-0.1, -0.05) is 12.1 Å². The first-order valence-electron chi connectivity index (χ1n) is 8.22. The second-order valence-electron chi connectivity index (χ2n) is 6.18. The predicted octanol–water partition coefficient (Wildman–Crippen LogP) is 1.46. The standard InChI is InChI=1S/C17H20F3N5O2/c1-25(2)10-9-21-14(26)8-7-13-16(27)22-15(24-23-13)11-3-5-12(6-4-11)17(18,19)20/h3-6H,7-10H2,1-2H3,(H,21,26)(H,22,24,27). The zero-order valence-corrected chi connectivity index (χ0v) is 14.9. The first-order chi connectivity index (χ1) is 12.7. The fourth-order valence-electron chi connectivity index (χ4n) is 2.21. The van der Waals surface area contributed by atoms with Gasteiger partial charge in [-0.25, -0.2) is 0 Å². The van der Waals surface area contributed by atoms with E-state index in [0.29, 0.717) is 18.7 Å². The number of likely N-dealkylation sites (N-methyl/N-ethyl adjacent to an activating group) is 1. The van der Waals surface area contributed by atoms with Crippen LogP contribution in [0.5, 0.6) is 0 Å². The number of halogens is 3. The summed E-state index contributed by atoms with van der Waals surface area (Å²) < 4.78 is 37.8. The maximum absolute atomic E-state index is 12.6. The molecule has 27 heavy (non-hydrogen) atoms. The van der Waals surface area contributed by atoms with Crippen LogP contribution in [-0.4, -0.2) is 53.2 Å². The summed E-state index contributed by atoms with van der Waals surface area (Å²) in [6, 6.07) is 4.23. The number of carbonyl (C=O) groups excluding carboxylic acids is 1. The lowest BCUT2D eigenvalue weighted by atomic mass is 10.1. The number of hydrogen-bond acceptors (Lipinski definition) is 5. The third kappa shape index (κ3) is 6.17. The Labute approximate surface area is 153 Å². The third-order valence-electron chi connectivity index (χ3n) is 3.72. The van der Waals surface area contributed by atoms with Gasteiger partial charge < -0.3 is 15.2 Å². The van der Waals surface area contributed by atoms with Gasteiger partial charge in [-0.15, -0.1) is 10.2 Å². The lowest BCUT2D eigenvalue weighted by molar-refractivity contribution is -0.137. The zero-order chi connectivity index (χ0) is 20.0. The van der Waals surface area contributed by atoms with Gasteiger partial charge >= 0.3 is 6.18 Å². The highest BCUT2D eigenvalue weighted by Crippen LogP contribution is 2.30. The summed E-state index contributed by atoms with van der Waals surface area (Å²) in [5.41, 5.74) is -0.923. The van der Waals surface area contributed by atoms with E-state index in [1.54, 1.807) is 0 Å². The molecule has 1 aromatic carbocycles. The van der Waals surface area contributed by atoms with Crippen LogP contribution in [0.4, 0.5) is 13.2 Å². The van der Waals surface area contributed by atoms with E-state index >= 15 is 0 Å². The van der Waals surface area contributed by atoms with E-state index in [1.165, 1.54) is 12.1 Å². The number of H-pyrrole nitrogens is 1. The van der Waals surface area contributed by atoms with Gasteiger partial charge in [0.25, 0.3) is 5.56 Å². The Morgan fingerprint density at radius 2 is 1.85 bits per heavy atom. The Bertz CT molecular complexity index is 832. The first kappa shape index (κ1) is 20.6. The minimum absolute atomic E-state index is 0.0629. The van der Waals surface area contributed by atoms with Gasteiger partial charge in [-0.05, 0) is 26.2 Å². The highest BCUT2D eigenvalue weighted by atomic mass is 19.4. The monoisotopic (exact) mass is 383 g/mol. The van der Waals surface area contributed by atoms with Gasteiger partial charge in [0.1, 0.15) is 5.69 Å². The van der Waals surface area contributed by atoms with E-state index in [0.717, 1.165) is 12.1 Å². The Kier molecular flexibility index (Phi) is 6.67. The summed E-state index contributed by atoms with van der Waals surface area (Å²) in [4.78, 5) is 28.2. The Morgan fingerprint density at radius 1 is 1.19 bits per heavy atom. The zero-order valence-electron chi connectivity index (χ0n) is 14.9. The molecule has 1 heterocycles. The van der Waals surface area contributed by atoms with Crippen LogP contribution in [0.25, 0.3) is 11.4 Å². The molecule has 0 unspecified atom stereocenters. The van der Waals surface area contributed by atoms with E-state index in [1.807, 2.05) is 19.0 Å². The molecule has 10 heteroatoms. The quantitative estimate of drug-likeness (QED) is 0.756. The Hall–Kier alpha value is -2.75. The number of alkyl halides is 3. The summed E-state index contributed by atoms with van der Waals surface area (Å²) in [6.07, 6.45) is -4.23. The maximum atomic E-state index is 12.6. The van der Waals surface area contributed by atoms with Crippen molar-refractivity contribution in [3.05, 3.63) is 45.9 Å². The van der Waals surface area contributed by atoms with Crippen molar-refractivity contribution >= 4 is 5.91 Å². The van der Waals surface area contributed by atoms with Crippen LogP contribution >= 0.6 is 0 Å². The van der Waals surface area contributed by atoms with Crippen molar-refractivity contribution in [2.75, 3.05) is 27.2 Å². The van der Waals surface area contributed by atoms with Crippen molar-refractivity contribution in [1.82, 2.24) is 25.4 Å². The smallest absolute Gasteiger partial charge is 0.355 e. The molecule has 0 radical (unpaired) electrons. The highest BCUT2D eigenvalue weighted by Gasteiger charge is 2.30. The minimum Gasteiger partial charge on any atom is -0.355 e. The second-order valence-corrected chi connectivity index (χ2v) is 6.18. The van der Waals surface area contributed by atoms with Crippen LogP contribution in [0.2, 0.25) is 0 Å². The number of carbonyl (C=O) groups is 1. The van der Waals surface area contributed by atoms with E-state index in [4.69, 9.17) is 0 Å². The number of nitrogens with zero attached hydrogens (tertiary/aromatic N) is 3. The van der Waals surface area contributed by atoms with E-state index in [2.05, 4.69) is 20.5 Å². The summed E-state index contributed by atoms with van der Waals surface area (Å²) in [5, 5.41) is 10.4. The van der Waals surface area contributed by atoms with Crippen molar-refractivity contribution in [2.24, 2.45) is 0 Å². The molecule has 7 nitrogen and oxygen atoms in total. The molecular formula is C17H20F3N5O2. The van der Waals surface area contributed by atoms with Crippen molar-refractivity contribution in [2.45, 2.75) is 19.0 Å². The number of amides is 1. The Morgan fingerprint density at radius 3 is 2.41 bits per heavy atom. The minimum atomic E-state index is -4.44. The van der Waals surface area contributed by atoms with Crippen molar-refractivity contribution < 1.29 is 18.0 Å². The molecule has 0 fully saturated rings. The third-order valence-corrected chi connectivity index (χ3v) is 3.72. The fraction of sp³-hybridized carbons (Fsp3) is 0.412. The number of hydrogen-bond donors (Lipinski definition) is 2. The van der Waals surface area contributed by atoms with Gasteiger partial charge in [0.05, 0.1) is 5.56 Å². The number of rotatable bonds is 7. The van der Waals surface area contributed by atoms with E-state index < -0.39 is 17.3 Å². The lowest BCUT2D eigenvalue weighted by Gasteiger charge is -2.10. The number of aromatic nitrogens is 3. The van der Waals surface area contributed by atoms with Gasteiger partial charge in [-0.3, -0.25) is 9.59 Å². The molecule has 2 rings (SSSR count). The molecule has 0 atom stereocenters. The number of aryl methyl sites for hydroxylation is 1. The van der Waals surface area contributed by atoms with Crippen LogP contribution in [-0.2, 0) is 17.4 Å². The summed E-state index contributed by atoms with van der Waals surface area (Å²) in [5.74, 6) is -0.141. The van der Waals surface area contributed by atoms with Crippen molar-refractivity contribution in [1.29, 1.82) is 0 Å². The summed E-state index contributed by atoms with van der Waals surface area (Å²) in [7, 11) is 3.78. The average Bonchev–Trinajstić information content (AvgIpc) is 2.59. The molecular weight excluding hydrogens is 363 g/mol. The normalized spacial score (nSPS) is 11.6. The number of benzene rings is 1. The number of aromatic amines is 1. The topological polar surface area (TPSA) is 91.0 Å². The molecule has 1 aromatic heterocycles. The van der Waals surface area contributed by atoms with E-state index in [-0.39, 0.29) is 30.3 Å².